The summed E-state index contributed by atoms with van der Waals surface area (Å²) in [5.74, 6) is -1.82. The second-order valence-electron chi connectivity index (χ2n) is 11.6. The molecule has 4 aromatic rings. The summed E-state index contributed by atoms with van der Waals surface area (Å²) in [4.78, 5) is 41.1. The topological polar surface area (TPSA) is 118 Å². The number of rotatable bonds is 8. The predicted octanol–water partition coefficient (Wildman–Crippen LogP) is 6.62. The van der Waals surface area contributed by atoms with Gasteiger partial charge in [-0.15, -0.1) is 0 Å². The highest BCUT2D eigenvalue weighted by molar-refractivity contribution is 5.89. The first kappa shape index (κ1) is 32.6. The van der Waals surface area contributed by atoms with Crippen LogP contribution in [0.3, 0.4) is 0 Å². The first-order chi connectivity index (χ1) is 22.7. The first-order valence-corrected chi connectivity index (χ1v) is 14.7. The van der Waals surface area contributed by atoms with Crippen molar-refractivity contribution in [2.45, 2.75) is 44.9 Å². The Morgan fingerprint density at radius 3 is 2.46 bits per heavy atom. The number of alkyl halides is 4. The average molecular weight is 670 g/mol. The van der Waals surface area contributed by atoms with E-state index in [9.17, 15) is 36.6 Å². The van der Waals surface area contributed by atoms with Gasteiger partial charge in [-0.05, 0) is 66.9 Å². The quantitative estimate of drug-likeness (QED) is 0.207. The number of pyridine rings is 1. The van der Waals surface area contributed by atoms with Gasteiger partial charge in [0.25, 0.3) is 0 Å². The number of anilines is 1. The number of nitrogens with zero attached hydrogens (tertiary/aromatic N) is 5. The first-order valence-electron chi connectivity index (χ1n) is 14.7. The SMILES string of the molecule is COc1ncc(-c2ccc(C(=O)O)cc2C)cc1-c1cnc(N2CC(F)C2)nc1CN1C(=O)OC(c2cc(F)cc(C(F)(F)F)c2)C1C. The van der Waals surface area contributed by atoms with E-state index in [2.05, 4.69) is 15.0 Å². The molecule has 6 rings (SSSR count). The molecular formula is C33H28F5N5O5. The van der Waals surface area contributed by atoms with Gasteiger partial charge in [-0.3, -0.25) is 4.90 Å². The summed E-state index contributed by atoms with van der Waals surface area (Å²) in [6.07, 6.45) is -4.92. The van der Waals surface area contributed by atoms with Gasteiger partial charge in [0.2, 0.25) is 11.8 Å². The Morgan fingerprint density at radius 1 is 1.06 bits per heavy atom. The molecule has 0 saturated carbocycles. The second kappa shape index (κ2) is 12.4. The van der Waals surface area contributed by atoms with Crippen molar-refractivity contribution in [3.8, 4) is 28.1 Å². The number of carboxylic acid groups (broad SMARTS) is 1. The zero-order chi connectivity index (χ0) is 34.5. The van der Waals surface area contributed by atoms with Crippen LogP contribution in [0.15, 0.2) is 54.9 Å². The average Bonchev–Trinajstić information content (AvgIpc) is 3.30. The Hall–Kier alpha value is -5.34. The fourth-order valence-corrected chi connectivity index (χ4v) is 5.83. The third kappa shape index (κ3) is 6.19. The van der Waals surface area contributed by atoms with Crippen molar-refractivity contribution in [3.63, 3.8) is 0 Å². The van der Waals surface area contributed by atoms with E-state index < -0.39 is 47.9 Å². The molecule has 10 nitrogen and oxygen atoms in total. The number of aromatic carboxylic acids is 1. The minimum Gasteiger partial charge on any atom is -0.481 e. The molecule has 2 aromatic carbocycles. The molecule has 1 amide bonds. The van der Waals surface area contributed by atoms with Gasteiger partial charge in [-0.2, -0.15) is 13.2 Å². The molecule has 2 saturated heterocycles. The summed E-state index contributed by atoms with van der Waals surface area (Å²) in [5.41, 5.74) is 1.79. The maximum atomic E-state index is 14.3. The van der Waals surface area contributed by atoms with Crippen LogP contribution < -0.4 is 9.64 Å². The molecule has 0 spiro atoms. The number of carbonyl (C=O) groups excluding carboxylic acids is 1. The summed E-state index contributed by atoms with van der Waals surface area (Å²) in [6.45, 7) is 3.24. The number of hydrogen-bond donors (Lipinski definition) is 1. The fraction of sp³-hybridized carbons (Fsp3) is 0.303. The minimum atomic E-state index is -4.82. The summed E-state index contributed by atoms with van der Waals surface area (Å²) < 4.78 is 79.4. The van der Waals surface area contributed by atoms with Gasteiger partial charge in [0.15, 0.2) is 0 Å². The van der Waals surface area contributed by atoms with E-state index in [0.717, 1.165) is 12.1 Å². The number of methoxy groups -OCH3 is 1. The van der Waals surface area contributed by atoms with Crippen molar-refractivity contribution in [3.05, 3.63) is 88.6 Å². The smallest absolute Gasteiger partial charge is 0.416 e. The number of amides is 1. The molecular weight excluding hydrogens is 641 g/mol. The van der Waals surface area contributed by atoms with Gasteiger partial charge >= 0.3 is 18.2 Å². The van der Waals surface area contributed by atoms with E-state index in [1.807, 2.05) is 0 Å². The molecule has 2 aliphatic heterocycles. The van der Waals surface area contributed by atoms with Crippen LogP contribution in [0, 0.1) is 12.7 Å². The molecule has 2 fully saturated rings. The molecule has 2 aliphatic rings. The third-order valence-corrected chi connectivity index (χ3v) is 8.38. The molecule has 0 radical (unpaired) electrons. The Morgan fingerprint density at radius 2 is 1.81 bits per heavy atom. The number of carboxylic acids is 1. The number of hydrogen-bond acceptors (Lipinski definition) is 8. The summed E-state index contributed by atoms with van der Waals surface area (Å²) >= 11 is 0. The standard InChI is InChI=1S/C33H28F5N5O5/c1-16-6-18(30(44)45)4-5-24(16)20-9-25(29(47-3)39-11-20)26-12-40-31(42-13-23(35)14-42)41-27(26)15-43-17(2)28(48-32(43)46)19-7-21(33(36,37)38)10-22(34)8-19/h4-12,17,23,28H,13-15H2,1-3H3,(H,44,45). The fourth-order valence-electron chi connectivity index (χ4n) is 5.83. The third-order valence-electron chi connectivity index (χ3n) is 8.38. The molecule has 4 heterocycles. The molecule has 2 aromatic heterocycles. The highest BCUT2D eigenvalue weighted by Crippen LogP contribution is 2.40. The van der Waals surface area contributed by atoms with Crippen LogP contribution in [0.1, 0.15) is 45.8 Å². The van der Waals surface area contributed by atoms with E-state index in [4.69, 9.17) is 9.47 Å². The van der Waals surface area contributed by atoms with E-state index in [-0.39, 0.29) is 48.3 Å². The lowest BCUT2D eigenvalue weighted by molar-refractivity contribution is -0.137. The van der Waals surface area contributed by atoms with Crippen LogP contribution in [-0.4, -0.2) is 69.4 Å². The van der Waals surface area contributed by atoms with Crippen molar-refractivity contribution >= 4 is 18.0 Å². The summed E-state index contributed by atoms with van der Waals surface area (Å²) in [6, 6.07) is 7.56. The Kier molecular flexibility index (Phi) is 8.39. The summed E-state index contributed by atoms with van der Waals surface area (Å²) in [7, 11) is 1.41. The van der Waals surface area contributed by atoms with E-state index in [1.54, 1.807) is 37.1 Å². The van der Waals surface area contributed by atoms with Crippen molar-refractivity contribution in [2.75, 3.05) is 25.1 Å². The number of halogens is 5. The lowest BCUT2D eigenvalue weighted by atomic mass is 9.96. The van der Waals surface area contributed by atoms with E-state index >= 15 is 0 Å². The van der Waals surface area contributed by atoms with Crippen molar-refractivity contribution in [1.82, 2.24) is 19.9 Å². The normalized spacial score (nSPS) is 18.1. The lowest BCUT2D eigenvalue weighted by Crippen LogP contribution is -2.49. The number of benzene rings is 2. The maximum absolute atomic E-state index is 14.3. The number of cyclic esters (lactones) is 1. The molecule has 48 heavy (non-hydrogen) atoms. The van der Waals surface area contributed by atoms with Crippen molar-refractivity contribution < 1.29 is 46.1 Å². The highest BCUT2D eigenvalue weighted by Gasteiger charge is 2.42. The Bertz CT molecular complexity index is 1920. The van der Waals surface area contributed by atoms with Gasteiger partial charge in [-0.25, -0.2) is 33.3 Å². The monoisotopic (exact) mass is 669 g/mol. The van der Waals surface area contributed by atoms with Gasteiger partial charge in [0.05, 0.1) is 49.6 Å². The van der Waals surface area contributed by atoms with Crippen LogP contribution in [0.4, 0.5) is 32.7 Å². The molecule has 2 atom stereocenters. The second-order valence-corrected chi connectivity index (χ2v) is 11.6. The molecule has 1 N–H and O–H groups in total. The minimum absolute atomic E-state index is 0.0656. The molecule has 0 bridgehead atoms. The Labute approximate surface area is 270 Å². The van der Waals surface area contributed by atoms with E-state index in [0.29, 0.717) is 33.9 Å². The molecule has 15 heteroatoms. The maximum Gasteiger partial charge on any atom is 0.416 e. The molecule has 2 unspecified atom stereocenters. The van der Waals surface area contributed by atoms with Crippen LogP contribution in [-0.2, 0) is 17.5 Å². The zero-order valence-electron chi connectivity index (χ0n) is 25.8. The zero-order valence-corrected chi connectivity index (χ0v) is 25.8. The van der Waals surface area contributed by atoms with Crippen LogP contribution in [0.5, 0.6) is 5.88 Å². The van der Waals surface area contributed by atoms with Gasteiger partial charge in [0, 0.05) is 29.1 Å². The van der Waals surface area contributed by atoms with Crippen LogP contribution >= 0.6 is 0 Å². The number of ether oxygens (including phenoxy) is 2. The number of carbonyl (C=O) groups is 2. The predicted molar refractivity (Wildman–Crippen MR) is 162 cm³/mol. The van der Waals surface area contributed by atoms with E-state index in [1.165, 1.54) is 30.3 Å². The van der Waals surface area contributed by atoms with Crippen molar-refractivity contribution in [1.29, 1.82) is 0 Å². The van der Waals surface area contributed by atoms with Crippen LogP contribution in [0.2, 0.25) is 0 Å². The number of aromatic nitrogens is 3. The molecule has 250 valence electrons. The largest absolute Gasteiger partial charge is 0.481 e. The highest BCUT2D eigenvalue weighted by atomic mass is 19.4. The Balaban J connectivity index is 1.40. The van der Waals surface area contributed by atoms with Gasteiger partial charge in [0.1, 0.15) is 18.1 Å². The summed E-state index contributed by atoms with van der Waals surface area (Å²) in [5, 5.41) is 9.39. The number of aryl methyl sites for hydroxylation is 1. The van der Waals surface area contributed by atoms with Gasteiger partial charge < -0.3 is 19.5 Å². The van der Waals surface area contributed by atoms with Gasteiger partial charge in [-0.1, -0.05) is 6.07 Å². The molecule has 0 aliphatic carbocycles. The lowest BCUT2D eigenvalue weighted by Gasteiger charge is -2.34. The van der Waals surface area contributed by atoms with Crippen molar-refractivity contribution in [2.24, 2.45) is 0 Å². The van der Waals surface area contributed by atoms with Crippen LogP contribution in [0.25, 0.3) is 22.3 Å².